The Morgan fingerprint density at radius 2 is 2.00 bits per heavy atom. The summed E-state index contributed by atoms with van der Waals surface area (Å²) in [4.78, 5) is 7.67. The first-order valence-electron chi connectivity index (χ1n) is 5.71. The molecular weight excluding hydrogens is 226 g/mol. The highest BCUT2D eigenvalue weighted by Gasteiger charge is 2.02. The first kappa shape index (κ1) is 10.7. The van der Waals surface area contributed by atoms with Gasteiger partial charge in [0.25, 0.3) is 0 Å². The van der Waals surface area contributed by atoms with Gasteiger partial charge in [0.05, 0.1) is 18.1 Å². The molecule has 2 aromatic carbocycles. The maximum Gasteiger partial charge on any atom is 0.205 e. The highest BCUT2D eigenvalue weighted by molar-refractivity contribution is 5.78. The van der Waals surface area contributed by atoms with E-state index in [1.54, 1.807) is 7.11 Å². The predicted octanol–water partition coefficient (Wildman–Crippen LogP) is 3.32. The Balaban J connectivity index is 1.91. The second-order valence-electron chi connectivity index (χ2n) is 3.96. The van der Waals surface area contributed by atoms with E-state index in [4.69, 9.17) is 4.74 Å². The minimum atomic E-state index is 0.726. The Hall–Kier alpha value is -2.49. The number of benzene rings is 2. The highest BCUT2D eigenvalue weighted by atomic mass is 16.5. The number of rotatable bonds is 3. The van der Waals surface area contributed by atoms with E-state index in [-0.39, 0.29) is 0 Å². The third-order valence-electron chi connectivity index (χ3n) is 2.72. The molecule has 0 amide bonds. The highest BCUT2D eigenvalue weighted by Crippen LogP contribution is 2.21. The van der Waals surface area contributed by atoms with Crippen molar-refractivity contribution < 1.29 is 4.74 Å². The third kappa shape index (κ3) is 2.00. The number of hydrogen-bond donors (Lipinski definition) is 2. The number of methoxy groups -OCH3 is 1. The molecule has 1 heterocycles. The molecule has 0 spiro atoms. The smallest absolute Gasteiger partial charge is 0.205 e. The number of H-pyrrole nitrogens is 1. The lowest BCUT2D eigenvalue weighted by Crippen LogP contribution is -1.92. The number of fused-ring (bicyclic) bond motifs is 1. The molecule has 0 unspecified atom stereocenters. The maximum absolute atomic E-state index is 5.18. The van der Waals surface area contributed by atoms with Crippen LogP contribution >= 0.6 is 0 Å². The largest absolute Gasteiger partial charge is 0.497 e. The van der Waals surface area contributed by atoms with E-state index >= 15 is 0 Å². The molecule has 4 nitrogen and oxygen atoms in total. The Bertz CT molecular complexity index is 642. The zero-order chi connectivity index (χ0) is 12.4. The van der Waals surface area contributed by atoms with Gasteiger partial charge < -0.3 is 15.0 Å². The summed E-state index contributed by atoms with van der Waals surface area (Å²) in [5, 5.41) is 3.22. The molecule has 0 saturated carbocycles. The maximum atomic E-state index is 5.18. The fourth-order valence-corrected chi connectivity index (χ4v) is 1.85. The number of imidazole rings is 1. The van der Waals surface area contributed by atoms with Crippen LogP contribution in [0.25, 0.3) is 11.0 Å². The van der Waals surface area contributed by atoms with Crippen LogP contribution < -0.4 is 10.1 Å². The van der Waals surface area contributed by atoms with Crippen LogP contribution in [-0.2, 0) is 0 Å². The van der Waals surface area contributed by atoms with Crippen LogP contribution in [0.2, 0.25) is 0 Å². The number of nitrogens with zero attached hydrogens (tertiary/aromatic N) is 1. The van der Waals surface area contributed by atoms with E-state index < -0.39 is 0 Å². The first-order chi connectivity index (χ1) is 8.85. The van der Waals surface area contributed by atoms with Crippen LogP contribution in [0.4, 0.5) is 11.6 Å². The molecule has 0 saturated heterocycles. The van der Waals surface area contributed by atoms with Gasteiger partial charge in [-0.2, -0.15) is 0 Å². The van der Waals surface area contributed by atoms with Crippen LogP contribution in [0.5, 0.6) is 5.75 Å². The lowest BCUT2D eigenvalue weighted by molar-refractivity contribution is 0.415. The van der Waals surface area contributed by atoms with Crippen LogP contribution in [-0.4, -0.2) is 17.1 Å². The van der Waals surface area contributed by atoms with Crippen molar-refractivity contribution in [1.29, 1.82) is 0 Å². The van der Waals surface area contributed by atoms with Crippen molar-refractivity contribution in [3.05, 3.63) is 48.5 Å². The number of aromatic nitrogens is 2. The van der Waals surface area contributed by atoms with Gasteiger partial charge in [0.2, 0.25) is 5.95 Å². The average molecular weight is 239 g/mol. The van der Waals surface area contributed by atoms with Crippen molar-refractivity contribution in [3.8, 4) is 5.75 Å². The van der Waals surface area contributed by atoms with Crippen molar-refractivity contribution in [2.75, 3.05) is 12.4 Å². The molecule has 18 heavy (non-hydrogen) atoms. The van der Waals surface area contributed by atoms with E-state index in [1.165, 1.54) is 0 Å². The minimum Gasteiger partial charge on any atom is -0.497 e. The lowest BCUT2D eigenvalue weighted by atomic mass is 10.3. The Kier molecular flexibility index (Phi) is 2.61. The molecule has 0 aliphatic heterocycles. The normalized spacial score (nSPS) is 10.5. The zero-order valence-electron chi connectivity index (χ0n) is 9.97. The molecular formula is C14H13N3O. The molecule has 0 bridgehead atoms. The topological polar surface area (TPSA) is 49.9 Å². The molecule has 0 fully saturated rings. The van der Waals surface area contributed by atoms with E-state index in [9.17, 15) is 0 Å². The molecule has 90 valence electrons. The summed E-state index contributed by atoms with van der Waals surface area (Å²) in [6.45, 7) is 0. The molecule has 0 radical (unpaired) electrons. The van der Waals surface area contributed by atoms with Gasteiger partial charge in [-0.15, -0.1) is 0 Å². The monoisotopic (exact) mass is 239 g/mol. The van der Waals surface area contributed by atoms with Gasteiger partial charge in [0, 0.05) is 11.8 Å². The van der Waals surface area contributed by atoms with Crippen molar-refractivity contribution >= 4 is 22.7 Å². The number of hydrogen-bond acceptors (Lipinski definition) is 3. The fourth-order valence-electron chi connectivity index (χ4n) is 1.85. The molecule has 4 heteroatoms. The van der Waals surface area contributed by atoms with Crippen molar-refractivity contribution in [1.82, 2.24) is 9.97 Å². The number of aromatic amines is 1. The summed E-state index contributed by atoms with van der Waals surface area (Å²) in [5.74, 6) is 1.54. The second kappa shape index (κ2) is 4.41. The summed E-state index contributed by atoms with van der Waals surface area (Å²) in [6.07, 6.45) is 0. The summed E-state index contributed by atoms with van der Waals surface area (Å²) in [5.41, 5.74) is 2.90. The molecule has 3 rings (SSSR count). The summed E-state index contributed by atoms with van der Waals surface area (Å²) < 4.78 is 5.18. The average Bonchev–Trinajstić information content (AvgIpc) is 2.81. The summed E-state index contributed by atoms with van der Waals surface area (Å²) in [6, 6.07) is 15.7. The molecule has 3 aromatic rings. The fraction of sp³-hybridized carbons (Fsp3) is 0.0714. The SMILES string of the molecule is COc1cccc(Nc2nc3ccccc3[nH]2)c1. The number of nitrogens with one attached hydrogen (secondary N) is 2. The Morgan fingerprint density at radius 1 is 1.11 bits per heavy atom. The standard InChI is InChI=1S/C14H13N3O/c1-18-11-6-4-5-10(9-11)15-14-16-12-7-2-3-8-13(12)17-14/h2-9H,1H3,(H2,15,16,17). The van der Waals surface area contributed by atoms with Crippen molar-refractivity contribution in [2.45, 2.75) is 0 Å². The minimum absolute atomic E-state index is 0.726. The number of anilines is 2. The van der Waals surface area contributed by atoms with Gasteiger partial charge in [-0.05, 0) is 24.3 Å². The van der Waals surface area contributed by atoms with Gasteiger partial charge in [-0.3, -0.25) is 0 Å². The summed E-state index contributed by atoms with van der Waals surface area (Å²) >= 11 is 0. The van der Waals surface area contributed by atoms with Gasteiger partial charge >= 0.3 is 0 Å². The second-order valence-corrected chi connectivity index (χ2v) is 3.96. The molecule has 2 N–H and O–H groups in total. The molecule has 0 aliphatic carbocycles. The molecule has 0 aliphatic rings. The van der Waals surface area contributed by atoms with Gasteiger partial charge in [-0.1, -0.05) is 18.2 Å². The van der Waals surface area contributed by atoms with Crippen LogP contribution in [0.15, 0.2) is 48.5 Å². The Morgan fingerprint density at radius 3 is 2.83 bits per heavy atom. The van der Waals surface area contributed by atoms with Crippen LogP contribution in [0, 0.1) is 0 Å². The molecule has 1 aromatic heterocycles. The van der Waals surface area contributed by atoms with E-state index in [1.807, 2.05) is 48.5 Å². The van der Waals surface area contributed by atoms with E-state index in [2.05, 4.69) is 15.3 Å². The van der Waals surface area contributed by atoms with Crippen LogP contribution in [0.1, 0.15) is 0 Å². The van der Waals surface area contributed by atoms with E-state index in [0.29, 0.717) is 0 Å². The van der Waals surface area contributed by atoms with Gasteiger partial charge in [0.1, 0.15) is 5.75 Å². The van der Waals surface area contributed by atoms with Crippen LogP contribution in [0.3, 0.4) is 0 Å². The van der Waals surface area contributed by atoms with Gasteiger partial charge in [0.15, 0.2) is 0 Å². The lowest BCUT2D eigenvalue weighted by Gasteiger charge is -2.04. The third-order valence-corrected chi connectivity index (χ3v) is 2.72. The first-order valence-corrected chi connectivity index (χ1v) is 5.71. The predicted molar refractivity (Wildman–Crippen MR) is 72.4 cm³/mol. The number of ether oxygens (including phenoxy) is 1. The Labute approximate surface area is 105 Å². The van der Waals surface area contributed by atoms with E-state index in [0.717, 1.165) is 28.4 Å². The summed E-state index contributed by atoms with van der Waals surface area (Å²) in [7, 11) is 1.65. The number of para-hydroxylation sites is 2. The van der Waals surface area contributed by atoms with Gasteiger partial charge in [-0.25, -0.2) is 4.98 Å². The van der Waals surface area contributed by atoms with Crippen molar-refractivity contribution in [2.24, 2.45) is 0 Å². The zero-order valence-corrected chi connectivity index (χ0v) is 9.97. The molecule has 0 atom stereocenters. The van der Waals surface area contributed by atoms with Crippen molar-refractivity contribution in [3.63, 3.8) is 0 Å². The quantitative estimate of drug-likeness (QED) is 0.737.